The van der Waals surface area contributed by atoms with Crippen LogP contribution in [0.4, 0.5) is 0 Å². The van der Waals surface area contributed by atoms with E-state index in [1.807, 2.05) is 31.2 Å². The van der Waals surface area contributed by atoms with Crippen LogP contribution in [0.25, 0.3) is 10.9 Å². The molecule has 6 heteroatoms. The highest BCUT2D eigenvalue weighted by Crippen LogP contribution is 2.25. The molecule has 2 atom stereocenters. The first-order valence-electron chi connectivity index (χ1n) is 7.05. The van der Waals surface area contributed by atoms with E-state index in [2.05, 4.69) is 10.2 Å². The fraction of sp³-hybridized carbons (Fsp3) is 0.400. The van der Waals surface area contributed by atoms with Crippen LogP contribution in [0.5, 0.6) is 0 Å². The fourth-order valence-electron chi connectivity index (χ4n) is 2.85. The van der Waals surface area contributed by atoms with E-state index in [4.69, 9.17) is 5.11 Å². The molecular weight excluding hydrogens is 270 g/mol. The van der Waals surface area contributed by atoms with Gasteiger partial charge in [-0.2, -0.15) is 5.10 Å². The lowest BCUT2D eigenvalue weighted by atomic mass is 9.93. The van der Waals surface area contributed by atoms with E-state index in [0.29, 0.717) is 18.5 Å². The number of piperidine rings is 1. The number of aromatic nitrogens is 2. The number of nitrogens with zero attached hydrogens (tertiary/aromatic N) is 2. The number of carbonyl (C=O) groups excluding carboxylic acids is 1. The van der Waals surface area contributed by atoms with Gasteiger partial charge in [-0.3, -0.25) is 14.7 Å². The van der Waals surface area contributed by atoms with Crippen molar-refractivity contribution >= 4 is 22.8 Å². The number of carbonyl (C=O) groups is 2. The van der Waals surface area contributed by atoms with Crippen LogP contribution in [-0.4, -0.2) is 44.7 Å². The Morgan fingerprint density at radius 3 is 2.86 bits per heavy atom. The summed E-state index contributed by atoms with van der Waals surface area (Å²) in [6.45, 7) is 2.20. The van der Waals surface area contributed by atoms with Crippen molar-refractivity contribution in [1.82, 2.24) is 15.1 Å². The Labute approximate surface area is 121 Å². The highest BCUT2D eigenvalue weighted by Gasteiger charge is 2.34. The largest absolute Gasteiger partial charge is 0.481 e. The molecule has 1 amide bonds. The van der Waals surface area contributed by atoms with Crippen molar-refractivity contribution in [2.45, 2.75) is 25.8 Å². The minimum absolute atomic E-state index is 0.0311. The highest BCUT2D eigenvalue weighted by molar-refractivity contribution is 6.04. The summed E-state index contributed by atoms with van der Waals surface area (Å²) in [6, 6.07) is 7.46. The average Bonchev–Trinajstić information content (AvgIpc) is 2.90. The molecule has 0 saturated carbocycles. The number of carboxylic acid groups (broad SMARTS) is 1. The molecule has 2 unspecified atom stereocenters. The summed E-state index contributed by atoms with van der Waals surface area (Å²) in [5.41, 5.74) is 1.17. The predicted octanol–water partition coefficient (Wildman–Crippen LogP) is 1.89. The highest BCUT2D eigenvalue weighted by atomic mass is 16.4. The zero-order valence-electron chi connectivity index (χ0n) is 11.7. The van der Waals surface area contributed by atoms with Gasteiger partial charge < -0.3 is 10.0 Å². The average molecular weight is 287 g/mol. The first-order valence-corrected chi connectivity index (χ1v) is 7.05. The van der Waals surface area contributed by atoms with Gasteiger partial charge in [0, 0.05) is 18.0 Å². The smallest absolute Gasteiger partial charge is 0.308 e. The molecule has 0 radical (unpaired) electrons. The number of amides is 1. The molecular formula is C15H17N3O3. The maximum absolute atomic E-state index is 12.7. The number of hydrogen-bond acceptors (Lipinski definition) is 3. The van der Waals surface area contributed by atoms with Gasteiger partial charge in [-0.25, -0.2) is 0 Å². The van der Waals surface area contributed by atoms with Crippen molar-refractivity contribution < 1.29 is 14.7 Å². The quantitative estimate of drug-likeness (QED) is 0.883. The summed E-state index contributed by atoms with van der Waals surface area (Å²) >= 11 is 0. The molecule has 0 bridgehead atoms. The monoisotopic (exact) mass is 287 g/mol. The topological polar surface area (TPSA) is 86.3 Å². The number of aromatic amines is 1. The molecule has 0 spiro atoms. The maximum Gasteiger partial charge on any atom is 0.308 e. The minimum atomic E-state index is -0.841. The van der Waals surface area contributed by atoms with Crippen molar-refractivity contribution in [2.24, 2.45) is 5.92 Å². The van der Waals surface area contributed by atoms with Gasteiger partial charge in [0.15, 0.2) is 5.69 Å². The maximum atomic E-state index is 12.7. The van der Waals surface area contributed by atoms with Crippen LogP contribution in [0.1, 0.15) is 30.3 Å². The number of benzene rings is 1. The van der Waals surface area contributed by atoms with Gasteiger partial charge in [0.25, 0.3) is 5.91 Å². The Morgan fingerprint density at radius 1 is 1.33 bits per heavy atom. The van der Waals surface area contributed by atoms with E-state index in [-0.39, 0.29) is 18.5 Å². The van der Waals surface area contributed by atoms with Crippen molar-refractivity contribution in [3.05, 3.63) is 30.0 Å². The van der Waals surface area contributed by atoms with Crippen molar-refractivity contribution in [3.63, 3.8) is 0 Å². The first-order chi connectivity index (χ1) is 10.1. The first kappa shape index (κ1) is 13.6. The standard InChI is InChI=1S/C15H17N3O3/c1-9-6-7-10(15(20)21)8-18(9)14(19)13-11-4-2-3-5-12(11)16-17-13/h2-5,9-10H,6-8H2,1H3,(H,16,17)(H,20,21). The van der Waals surface area contributed by atoms with Crippen LogP contribution in [0.15, 0.2) is 24.3 Å². The number of fused-ring (bicyclic) bond motifs is 1. The van der Waals surface area contributed by atoms with Gasteiger partial charge in [0.2, 0.25) is 0 Å². The molecule has 3 rings (SSSR count). The summed E-state index contributed by atoms with van der Waals surface area (Å²) in [6.07, 6.45) is 1.31. The predicted molar refractivity (Wildman–Crippen MR) is 77.0 cm³/mol. The van der Waals surface area contributed by atoms with Crippen LogP contribution in [-0.2, 0) is 4.79 Å². The molecule has 1 fully saturated rings. The fourth-order valence-corrected chi connectivity index (χ4v) is 2.85. The SMILES string of the molecule is CC1CCC(C(=O)O)CN1C(=O)c1n[nH]c2ccccc12. The molecule has 0 aliphatic carbocycles. The molecule has 1 aromatic heterocycles. The van der Waals surface area contributed by atoms with Gasteiger partial charge in [0.05, 0.1) is 11.4 Å². The van der Waals surface area contributed by atoms with E-state index >= 15 is 0 Å². The Kier molecular flexibility index (Phi) is 3.37. The summed E-state index contributed by atoms with van der Waals surface area (Å²) in [5, 5.41) is 16.9. The van der Waals surface area contributed by atoms with E-state index in [0.717, 1.165) is 10.9 Å². The molecule has 110 valence electrons. The third-order valence-electron chi connectivity index (χ3n) is 4.17. The van der Waals surface area contributed by atoms with E-state index in [9.17, 15) is 9.59 Å². The lowest BCUT2D eigenvalue weighted by Gasteiger charge is -2.36. The lowest BCUT2D eigenvalue weighted by molar-refractivity contribution is -0.143. The van der Waals surface area contributed by atoms with Gasteiger partial charge in [-0.1, -0.05) is 18.2 Å². The summed E-state index contributed by atoms with van der Waals surface area (Å²) < 4.78 is 0. The second kappa shape index (κ2) is 5.20. The van der Waals surface area contributed by atoms with Crippen LogP contribution < -0.4 is 0 Å². The van der Waals surface area contributed by atoms with E-state index in [1.54, 1.807) is 4.90 Å². The third-order valence-corrected chi connectivity index (χ3v) is 4.17. The zero-order valence-corrected chi connectivity index (χ0v) is 11.7. The van der Waals surface area contributed by atoms with Crippen LogP contribution in [0.2, 0.25) is 0 Å². The molecule has 1 aliphatic heterocycles. The number of H-pyrrole nitrogens is 1. The number of carboxylic acids is 1. The van der Waals surface area contributed by atoms with Gasteiger partial charge in [0.1, 0.15) is 0 Å². The molecule has 1 saturated heterocycles. The minimum Gasteiger partial charge on any atom is -0.481 e. The second-order valence-electron chi connectivity index (χ2n) is 5.54. The molecule has 2 N–H and O–H groups in total. The van der Waals surface area contributed by atoms with Crippen molar-refractivity contribution in [2.75, 3.05) is 6.54 Å². The van der Waals surface area contributed by atoms with Crippen LogP contribution in [0.3, 0.4) is 0 Å². The Balaban J connectivity index is 1.91. The number of hydrogen-bond donors (Lipinski definition) is 2. The molecule has 6 nitrogen and oxygen atoms in total. The number of likely N-dealkylation sites (tertiary alicyclic amines) is 1. The second-order valence-corrected chi connectivity index (χ2v) is 5.54. The normalized spacial score (nSPS) is 22.4. The summed E-state index contributed by atoms with van der Waals surface area (Å²) in [4.78, 5) is 25.5. The lowest BCUT2D eigenvalue weighted by Crippen LogP contribution is -2.47. The van der Waals surface area contributed by atoms with Gasteiger partial charge in [-0.05, 0) is 25.8 Å². The van der Waals surface area contributed by atoms with Gasteiger partial charge in [-0.15, -0.1) is 0 Å². The zero-order chi connectivity index (χ0) is 15.0. The van der Waals surface area contributed by atoms with E-state index in [1.165, 1.54) is 0 Å². The molecule has 1 aromatic carbocycles. The van der Waals surface area contributed by atoms with Crippen molar-refractivity contribution in [1.29, 1.82) is 0 Å². The molecule has 2 heterocycles. The number of nitrogens with one attached hydrogen (secondary N) is 1. The third kappa shape index (κ3) is 2.37. The van der Waals surface area contributed by atoms with E-state index < -0.39 is 11.9 Å². The van der Waals surface area contributed by atoms with Crippen LogP contribution in [0, 0.1) is 5.92 Å². The summed E-state index contributed by atoms with van der Waals surface area (Å²) in [7, 11) is 0. The number of rotatable bonds is 2. The van der Waals surface area contributed by atoms with Crippen molar-refractivity contribution in [3.8, 4) is 0 Å². The molecule has 1 aliphatic rings. The molecule has 21 heavy (non-hydrogen) atoms. The van der Waals surface area contributed by atoms with Gasteiger partial charge >= 0.3 is 5.97 Å². The number of para-hydroxylation sites is 1. The Hall–Kier alpha value is -2.37. The Morgan fingerprint density at radius 2 is 2.10 bits per heavy atom. The van der Waals surface area contributed by atoms with Crippen LogP contribution >= 0.6 is 0 Å². The molecule has 2 aromatic rings. The summed E-state index contributed by atoms with van der Waals surface area (Å²) in [5.74, 6) is -1.53. The Bertz CT molecular complexity index is 694. The number of aliphatic carboxylic acids is 1.